The molecule has 0 heterocycles. The average molecular weight is 406 g/mol. The van der Waals surface area contributed by atoms with Gasteiger partial charge in [-0.1, -0.05) is 64.1 Å². The van der Waals surface area contributed by atoms with E-state index in [1.165, 1.54) is 21.6 Å². The van der Waals surface area contributed by atoms with Crippen LogP contribution in [0.2, 0.25) is 0 Å². The summed E-state index contributed by atoms with van der Waals surface area (Å²) in [6.07, 6.45) is -0.729. The summed E-state index contributed by atoms with van der Waals surface area (Å²) in [5.74, 6) is -0.868. The predicted molar refractivity (Wildman–Crippen MR) is 111 cm³/mol. The zero-order chi connectivity index (χ0) is 19.9. The lowest BCUT2D eigenvalue weighted by molar-refractivity contribution is -0.138. The van der Waals surface area contributed by atoms with Crippen LogP contribution in [0.5, 0.6) is 0 Å². The van der Waals surface area contributed by atoms with Crippen LogP contribution in [-0.2, 0) is 9.53 Å². The largest absolute Gasteiger partial charge is 0.480 e. The summed E-state index contributed by atoms with van der Waals surface area (Å²) in [5.41, 5.74) is 1.60. The molecular formula is C20H23NO4S2. The van der Waals surface area contributed by atoms with E-state index in [4.69, 9.17) is 4.74 Å². The highest BCUT2D eigenvalue weighted by atomic mass is 33.1. The second-order valence-electron chi connectivity index (χ2n) is 6.80. The minimum atomic E-state index is -1.09. The Morgan fingerprint density at radius 2 is 1.63 bits per heavy atom. The smallest absolute Gasteiger partial charge is 0.408 e. The Hall–Kier alpha value is -2.12. The highest BCUT2D eigenvalue weighted by Crippen LogP contribution is 2.33. The van der Waals surface area contributed by atoms with Crippen molar-refractivity contribution in [3.63, 3.8) is 0 Å². The summed E-state index contributed by atoms with van der Waals surface area (Å²) in [6.45, 7) is 5.18. The Morgan fingerprint density at radius 3 is 2.19 bits per heavy atom. The molecule has 27 heavy (non-hydrogen) atoms. The van der Waals surface area contributed by atoms with Gasteiger partial charge in [-0.05, 0) is 44.0 Å². The Labute approximate surface area is 167 Å². The molecule has 0 saturated heterocycles. The molecule has 0 saturated carbocycles. The predicted octanol–water partition coefficient (Wildman–Crippen LogP) is 5.07. The lowest BCUT2D eigenvalue weighted by Crippen LogP contribution is -2.44. The summed E-state index contributed by atoms with van der Waals surface area (Å²) >= 11 is 0. The SMILES string of the molecule is CC(C)(C)OC(=O)NC(CSSc1ccc(-c2ccccc2)cc1)C(=O)O. The van der Waals surface area contributed by atoms with Crippen LogP contribution in [0.4, 0.5) is 4.79 Å². The van der Waals surface area contributed by atoms with E-state index in [0.29, 0.717) is 0 Å². The standard InChI is InChI=1S/C20H23NO4S2/c1-20(2,3)25-19(24)21-17(18(22)23)13-26-27-16-11-9-15(10-12-16)14-7-5-4-6-8-14/h4-12,17H,13H2,1-3H3,(H,21,24)(H,22,23). The van der Waals surface area contributed by atoms with E-state index in [0.717, 1.165) is 16.0 Å². The first-order chi connectivity index (χ1) is 12.7. The summed E-state index contributed by atoms with van der Waals surface area (Å²) < 4.78 is 5.11. The van der Waals surface area contributed by atoms with Crippen LogP contribution in [0.15, 0.2) is 59.5 Å². The molecule has 0 aliphatic carbocycles. The number of benzene rings is 2. The van der Waals surface area contributed by atoms with Crippen molar-refractivity contribution in [2.45, 2.75) is 37.3 Å². The van der Waals surface area contributed by atoms with Crippen molar-refractivity contribution in [3.05, 3.63) is 54.6 Å². The number of hydrogen-bond donors (Lipinski definition) is 2. The molecule has 1 amide bonds. The maximum atomic E-state index is 11.8. The Bertz CT molecular complexity index is 758. The summed E-state index contributed by atoms with van der Waals surface area (Å²) in [5, 5.41) is 11.7. The molecule has 144 valence electrons. The van der Waals surface area contributed by atoms with Gasteiger partial charge in [0.2, 0.25) is 0 Å². The summed E-state index contributed by atoms with van der Waals surface area (Å²) in [7, 11) is 2.84. The van der Waals surface area contributed by atoms with Crippen LogP contribution in [0.3, 0.4) is 0 Å². The first-order valence-electron chi connectivity index (χ1n) is 8.42. The number of rotatable bonds is 7. The monoisotopic (exact) mass is 405 g/mol. The summed E-state index contributed by atoms with van der Waals surface area (Å²) in [4.78, 5) is 24.1. The molecule has 0 bridgehead atoms. The third kappa shape index (κ3) is 7.56. The van der Waals surface area contributed by atoms with E-state index >= 15 is 0 Å². The Morgan fingerprint density at radius 1 is 1.04 bits per heavy atom. The van der Waals surface area contributed by atoms with Crippen molar-refractivity contribution < 1.29 is 19.4 Å². The molecule has 1 unspecified atom stereocenters. The van der Waals surface area contributed by atoms with E-state index < -0.39 is 23.7 Å². The van der Waals surface area contributed by atoms with Gasteiger partial charge in [0.25, 0.3) is 0 Å². The fourth-order valence-electron chi connectivity index (χ4n) is 2.13. The first kappa shape index (κ1) is 21.2. The van der Waals surface area contributed by atoms with Gasteiger partial charge in [-0.15, -0.1) is 0 Å². The maximum absolute atomic E-state index is 11.8. The number of hydrogen-bond acceptors (Lipinski definition) is 5. The molecule has 0 radical (unpaired) electrons. The highest BCUT2D eigenvalue weighted by molar-refractivity contribution is 8.76. The minimum Gasteiger partial charge on any atom is -0.480 e. The van der Waals surface area contributed by atoms with Gasteiger partial charge in [0.15, 0.2) is 0 Å². The second kappa shape index (κ2) is 9.71. The molecule has 7 heteroatoms. The quantitative estimate of drug-likeness (QED) is 0.626. The number of carboxylic acid groups (broad SMARTS) is 1. The molecule has 0 aliphatic rings. The second-order valence-corrected chi connectivity index (χ2v) is 9.21. The summed E-state index contributed by atoms with van der Waals surface area (Å²) in [6, 6.07) is 17.1. The number of carbonyl (C=O) groups is 2. The van der Waals surface area contributed by atoms with Crippen molar-refractivity contribution >= 4 is 33.7 Å². The Kier molecular flexibility index (Phi) is 7.62. The van der Waals surface area contributed by atoms with Crippen LogP contribution in [-0.4, -0.2) is 34.6 Å². The lowest BCUT2D eigenvalue weighted by Gasteiger charge is -2.21. The molecule has 1 atom stereocenters. The third-order valence-electron chi connectivity index (χ3n) is 3.34. The van der Waals surface area contributed by atoms with Crippen LogP contribution in [0.1, 0.15) is 20.8 Å². The van der Waals surface area contributed by atoms with E-state index in [1.807, 2.05) is 42.5 Å². The molecule has 2 N–H and O–H groups in total. The zero-order valence-electron chi connectivity index (χ0n) is 15.5. The van der Waals surface area contributed by atoms with Crippen molar-refractivity contribution in [2.24, 2.45) is 0 Å². The van der Waals surface area contributed by atoms with Crippen LogP contribution in [0, 0.1) is 0 Å². The number of amides is 1. The van der Waals surface area contributed by atoms with E-state index in [2.05, 4.69) is 17.4 Å². The van der Waals surface area contributed by atoms with Crippen molar-refractivity contribution in [2.75, 3.05) is 5.75 Å². The minimum absolute atomic E-state index is 0.222. The maximum Gasteiger partial charge on any atom is 0.408 e. The third-order valence-corrected chi connectivity index (χ3v) is 5.73. The van der Waals surface area contributed by atoms with Crippen molar-refractivity contribution in [1.82, 2.24) is 5.32 Å². The molecule has 2 rings (SSSR count). The Balaban J connectivity index is 1.86. The number of carboxylic acids is 1. The van der Waals surface area contributed by atoms with Gasteiger partial charge in [-0.3, -0.25) is 0 Å². The highest BCUT2D eigenvalue weighted by Gasteiger charge is 2.24. The van der Waals surface area contributed by atoms with Crippen LogP contribution in [0.25, 0.3) is 11.1 Å². The molecule has 2 aromatic carbocycles. The molecule has 0 spiro atoms. The number of carbonyl (C=O) groups excluding carboxylic acids is 1. The lowest BCUT2D eigenvalue weighted by atomic mass is 10.1. The van der Waals surface area contributed by atoms with Gasteiger partial charge in [0.05, 0.1) is 0 Å². The van der Waals surface area contributed by atoms with Gasteiger partial charge < -0.3 is 15.2 Å². The van der Waals surface area contributed by atoms with Crippen molar-refractivity contribution in [1.29, 1.82) is 0 Å². The fraction of sp³-hybridized carbons (Fsp3) is 0.300. The molecule has 0 fully saturated rings. The molecule has 0 aliphatic heterocycles. The van der Waals surface area contributed by atoms with Gasteiger partial charge in [0, 0.05) is 10.6 Å². The van der Waals surface area contributed by atoms with Gasteiger partial charge >= 0.3 is 12.1 Å². The average Bonchev–Trinajstić information content (AvgIpc) is 2.60. The van der Waals surface area contributed by atoms with Crippen molar-refractivity contribution in [3.8, 4) is 11.1 Å². The first-order valence-corrected chi connectivity index (χ1v) is 10.7. The van der Waals surface area contributed by atoms with Crippen LogP contribution < -0.4 is 5.32 Å². The molecule has 5 nitrogen and oxygen atoms in total. The van der Waals surface area contributed by atoms with E-state index in [9.17, 15) is 14.7 Å². The molecule has 2 aromatic rings. The van der Waals surface area contributed by atoms with Crippen LogP contribution >= 0.6 is 21.6 Å². The fourth-order valence-corrected chi connectivity index (χ4v) is 4.30. The molecular weight excluding hydrogens is 382 g/mol. The number of alkyl carbamates (subject to hydrolysis) is 1. The van der Waals surface area contributed by atoms with Gasteiger partial charge in [-0.25, -0.2) is 9.59 Å². The zero-order valence-corrected chi connectivity index (χ0v) is 17.1. The number of nitrogens with one attached hydrogen (secondary N) is 1. The normalized spacial score (nSPS) is 12.3. The number of aliphatic carboxylic acids is 1. The van der Waals surface area contributed by atoms with E-state index in [-0.39, 0.29) is 5.75 Å². The van der Waals surface area contributed by atoms with E-state index in [1.54, 1.807) is 20.8 Å². The molecule has 0 aromatic heterocycles. The topological polar surface area (TPSA) is 75.6 Å². The van der Waals surface area contributed by atoms with Gasteiger partial charge in [-0.2, -0.15) is 0 Å². The number of ether oxygens (including phenoxy) is 1. The van der Waals surface area contributed by atoms with Gasteiger partial charge in [0.1, 0.15) is 11.6 Å².